The van der Waals surface area contributed by atoms with Gasteiger partial charge in [0.15, 0.2) is 0 Å². The van der Waals surface area contributed by atoms with Crippen molar-refractivity contribution < 1.29 is 38.6 Å². The lowest BCUT2D eigenvalue weighted by atomic mass is 10.3. The normalized spacial score (nSPS) is 9.33. The highest BCUT2D eigenvalue weighted by molar-refractivity contribution is 5.84. The molecule has 1 amide bonds. The summed E-state index contributed by atoms with van der Waals surface area (Å²) in [5.41, 5.74) is 4.53. The predicted octanol–water partition coefficient (Wildman–Crippen LogP) is -2.68. The highest BCUT2D eigenvalue weighted by atomic mass is 35.5. The average Bonchev–Trinajstić information content (AvgIpc) is 2.55. The van der Waals surface area contributed by atoms with Crippen LogP contribution >= 0.6 is 0 Å². The molecular formula is C21H41Cl2N3O. The number of amides is 1. The Balaban J connectivity index is -0.0000000918. The van der Waals surface area contributed by atoms with Crippen LogP contribution in [-0.2, 0) is 4.79 Å². The number of carbonyl (C=O) groups excluding carboxylic acids is 1. The number of rotatable bonds is 11. The highest BCUT2D eigenvalue weighted by Crippen LogP contribution is 2.05. The Labute approximate surface area is 180 Å². The first-order valence-corrected chi connectivity index (χ1v) is 8.66. The van der Waals surface area contributed by atoms with Gasteiger partial charge in [0.2, 0.25) is 5.91 Å². The third kappa shape index (κ3) is 24.7. The predicted molar refractivity (Wildman–Crippen MR) is 113 cm³/mol. The molecule has 0 unspecified atom stereocenters. The summed E-state index contributed by atoms with van der Waals surface area (Å²) in [6.07, 6.45) is 8.92. The number of likely N-dealkylation sites (N-methyl/N-ethyl adjacent to an activating group) is 2. The second-order valence-corrected chi connectivity index (χ2v) is 6.40. The molecule has 0 saturated heterocycles. The van der Waals surface area contributed by atoms with Gasteiger partial charge in [0.05, 0.1) is 53.4 Å². The van der Waals surface area contributed by atoms with Crippen molar-refractivity contribution in [2.75, 3.05) is 53.4 Å². The topological polar surface area (TPSA) is 43.1 Å². The molecule has 0 aliphatic carbocycles. The van der Waals surface area contributed by atoms with Crippen molar-refractivity contribution in [1.29, 1.82) is 0 Å². The van der Waals surface area contributed by atoms with Crippen molar-refractivity contribution in [3.05, 3.63) is 63.3 Å². The fourth-order valence-electron chi connectivity index (χ4n) is 2.14. The molecule has 2 N–H and O–H groups in total. The van der Waals surface area contributed by atoms with Crippen LogP contribution in [0.1, 0.15) is 13.8 Å². The number of quaternary nitrogens is 2. The maximum Gasteiger partial charge on any atom is 0.240 e. The third-order valence-electron chi connectivity index (χ3n) is 3.82. The van der Waals surface area contributed by atoms with Gasteiger partial charge in [0.25, 0.3) is 0 Å². The van der Waals surface area contributed by atoms with Crippen LogP contribution in [0.2, 0.25) is 0 Å². The van der Waals surface area contributed by atoms with Crippen LogP contribution in [-0.4, -0.2) is 68.2 Å². The van der Waals surface area contributed by atoms with Crippen LogP contribution in [0.3, 0.4) is 0 Å². The van der Waals surface area contributed by atoms with Gasteiger partial charge >= 0.3 is 0 Å². The molecule has 0 atom stereocenters. The maximum atomic E-state index is 9.47. The Hall–Kier alpha value is -1.33. The molecule has 4 nitrogen and oxygen atoms in total. The first-order valence-electron chi connectivity index (χ1n) is 8.66. The van der Waals surface area contributed by atoms with Crippen molar-refractivity contribution in [3.63, 3.8) is 0 Å². The van der Waals surface area contributed by atoms with Gasteiger partial charge in [-0.05, 0) is 44.2 Å². The number of carbonyl (C=O) groups is 1. The zero-order chi connectivity index (χ0) is 20.4. The van der Waals surface area contributed by atoms with Gasteiger partial charge in [-0.2, -0.15) is 0 Å². The van der Waals surface area contributed by atoms with Gasteiger partial charge in [-0.3, -0.25) is 4.79 Å². The zero-order valence-electron chi connectivity index (χ0n) is 17.8. The highest BCUT2D eigenvalue weighted by Gasteiger charge is 2.18. The van der Waals surface area contributed by atoms with E-state index < -0.39 is 5.91 Å². The SMILES string of the molecule is C=CC(N)=O.C=CC[N+](C)(C)CC=C.C=CC[N+](CC)(CC)CC=C.[Cl-].[Cl-]. The van der Waals surface area contributed by atoms with Gasteiger partial charge in [-0.15, -0.1) is 0 Å². The van der Waals surface area contributed by atoms with Crippen molar-refractivity contribution in [2.24, 2.45) is 5.73 Å². The van der Waals surface area contributed by atoms with Crippen molar-refractivity contribution in [2.45, 2.75) is 13.8 Å². The molecule has 160 valence electrons. The minimum atomic E-state index is -0.481. The van der Waals surface area contributed by atoms with Crippen molar-refractivity contribution >= 4 is 5.91 Å². The van der Waals surface area contributed by atoms with E-state index in [1.165, 1.54) is 0 Å². The van der Waals surface area contributed by atoms with E-state index in [0.717, 1.165) is 54.3 Å². The molecule has 0 radical (unpaired) electrons. The molecule has 0 fully saturated rings. The number of nitrogens with zero attached hydrogens (tertiary/aromatic N) is 2. The first-order chi connectivity index (χ1) is 11.6. The van der Waals surface area contributed by atoms with E-state index in [-0.39, 0.29) is 24.8 Å². The van der Waals surface area contributed by atoms with Crippen molar-refractivity contribution in [3.8, 4) is 0 Å². The molecule has 27 heavy (non-hydrogen) atoms. The Kier molecular flexibility index (Phi) is 30.8. The molecule has 0 aliphatic heterocycles. The molecule has 0 aromatic heterocycles. The third-order valence-corrected chi connectivity index (χ3v) is 3.82. The number of primary amides is 1. The van der Waals surface area contributed by atoms with E-state index in [9.17, 15) is 4.79 Å². The summed E-state index contributed by atoms with van der Waals surface area (Å²) in [5.74, 6) is -0.481. The average molecular weight is 422 g/mol. The second-order valence-electron chi connectivity index (χ2n) is 6.40. The Morgan fingerprint density at radius 3 is 1.19 bits per heavy atom. The van der Waals surface area contributed by atoms with E-state index in [1.807, 2.05) is 24.3 Å². The summed E-state index contributed by atoms with van der Waals surface area (Å²) in [6, 6.07) is 0. The monoisotopic (exact) mass is 421 g/mol. The van der Waals surface area contributed by atoms with Crippen LogP contribution in [0.15, 0.2) is 63.3 Å². The summed E-state index contributed by atoms with van der Waals surface area (Å²) < 4.78 is 2.04. The molecule has 6 heteroatoms. The van der Waals surface area contributed by atoms with E-state index in [4.69, 9.17) is 0 Å². The van der Waals surface area contributed by atoms with Gasteiger partial charge in [0, 0.05) is 0 Å². The molecule has 0 aromatic carbocycles. The lowest BCUT2D eigenvalue weighted by molar-refractivity contribution is -0.914. The summed E-state index contributed by atoms with van der Waals surface area (Å²) in [4.78, 5) is 9.47. The quantitative estimate of drug-likeness (QED) is 0.220. The first kappa shape index (κ1) is 36.6. The van der Waals surface area contributed by atoms with Crippen LogP contribution in [0.4, 0.5) is 0 Å². The molecule has 0 rings (SSSR count). The standard InChI is InChI=1S/C10H20N.C8H16N.C3H5NO.2ClH/c1-5-9-11(7-3,8-4)10-6-2;1-5-7-9(3,4)8-6-2;1-2-3(4)5;;/h5-6H,1-2,7-10H2,3-4H3;5-6H,1-2,7-8H2,3-4H3;2H,1H2,(H2,4,5);2*1H/q2*+1;;;/p-2. The fraction of sp³-hybridized carbons (Fsp3) is 0.476. The van der Waals surface area contributed by atoms with Gasteiger partial charge in [-0.25, -0.2) is 0 Å². The number of hydrogen-bond acceptors (Lipinski definition) is 1. The molecule has 0 heterocycles. The van der Waals surface area contributed by atoms with Crippen molar-refractivity contribution in [1.82, 2.24) is 0 Å². The van der Waals surface area contributed by atoms with E-state index >= 15 is 0 Å². The minimum absolute atomic E-state index is 0. The van der Waals surface area contributed by atoms with E-state index in [0.29, 0.717) is 0 Å². The lowest BCUT2D eigenvalue weighted by Crippen LogP contribution is -3.00. The number of halogens is 2. The Morgan fingerprint density at radius 2 is 1.04 bits per heavy atom. The molecule has 0 aliphatic rings. The molecule has 0 bridgehead atoms. The molecule has 0 saturated carbocycles. The summed E-state index contributed by atoms with van der Waals surface area (Å²) in [6.45, 7) is 28.9. The maximum absolute atomic E-state index is 9.47. The number of nitrogens with two attached hydrogens (primary N) is 1. The van der Waals surface area contributed by atoms with Crippen LogP contribution in [0.5, 0.6) is 0 Å². The van der Waals surface area contributed by atoms with E-state index in [1.54, 1.807) is 0 Å². The number of hydrogen-bond donors (Lipinski definition) is 1. The fourth-order valence-corrected chi connectivity index (χ4v) is 2.14. The summed E-state index contributed by atoms with van der Waals surface area (Å²) in [7, 11) is 4.31. The van der Waals surface area contributed by atoms with E-state index in [2.05, 4.69) is 66.6 Å². The van der Waals surface area contributed by atoms with Gasteiger partial charge in [-0.1, -0.05) is 32.9 Å². The van der Waals surface area contributed by atoms with Gasteiger partial charge in [0.1, 0.15) is 0 Å². The lowest BCUT2D eigenvalue weighted by Gasteiger charge is -2.34. The summed E-state index contributed by atoms with van der Waals surface area (Å²) in [5, 5.41) is 0. The zero-order valence-corrected chi connectivity index (χ0v) is 19.3. The summed E-state index contributed by atoms with van der Waals surface area (Å²) >= 11 is 0. The van der Waals surface area contributed by atoms with Gasteiger partial charge < -0.3 is 39.5 Å². The van der Waals surface area contributed by atoms with Crippen LogP contribution in [0, 0.1) is 0 Å². The second kappa shape index (κ2) is 22.7. The Morgan fingerprint density at radius 1 is 0.778 bits per heavy atom. The van der Waals surface area contributed by atoms with Crippen LogP contribution in [0.25, 0.3) is 0 Å². The van der Waals surface area contributed by atoms with Crippen LogP contribution < -0.4 is 30.5 Å². The minimum Gasteiger partial charge on any atom is -1.00 e. The smallest absolute Gasteiger partial charge is 0.240 e. The molecular weight excluding hydrogens is 381 g/mol. The largest absolute Gasteiger partial charge is 1.00 e. The Bertz CT molecular complexity index is 394. The molecule has 0 spiro atoms. The molecule has 0 aromatic rings.